The molecule has 0 radical (unpaired) electrons. The maximum Gasteiger partial charge on any atom is 0.282 e. The number of hydrogen-bond acceptors (Lipinski definition) is 11. The minimum absolute atomic E-state index is 0.0309. The van der Waals surface area contributed by atoms with Crippen LogP contribution in [0.4, 0.5) is 21.7 Å². The van der Waals surface area contributed by atoms with Crippen molar-refractivity contribution in [3.8, 4) is 18.0 Å². The lowest BCUT2D eigenvalue weighted by molar-refractivity contribution is -0.131. The summed E-state index contributed by atoms with van der Waals surface area (Å²) in [5.41, 5.74) is 4.00. The third-order valence-electron chi connectivity index (χ3n) is 9.59. The van der Waals surface area contributed by atoms with Crippen LogP contribution in [0.5, 0.6) is 5.88 Å². The second-order valence-corrected chi connectivity index (χ2v) is 12.3. The number of rotatable bonds is 7. The molecule has 236 valence electrons. The van der Waals surface area contributed by atoms with Crippen LogP contribution < -0.4 is 19.4 Å². The summed E-state index contributed by atoms with van der Waals surface area (Å²) in [6.45, 7) is 7.56. The molecule has 0 spiro atoms. The molecule has 6 heterocycles. The smallest absolute Gasteiger partial charge is 0.282 e. The number of nitrogens with zero attached hydrogens (tertiary/aromatic N) is 10. The summed E-state index contributed by atoms with van der Waals surface area (Å²) in [7, 11) is 4.14. The molecule has 45 heavy (non-hydrogen) atoms. The molecular formula is C32H39FN10O2. The SMILES string of the molecule is C=C(F)C(=O)N1CCN(c2c(C#N)c(OC[C@@H]3CCCN3C)nc3c2CCN(c2ncnc4c2CCCN4C)C3)C[C@@H]1CC#N. The first-order valence-electron chi connectivity index (χ1n) is 15.7. The van der Waals surface area contributed by atoms with Crippen molar-refractivity contribution in [2.75, 3.05) is 74.7 Å². The zero-order chi connectivity index (χ0) is 31.7. The average Bonchev–Trinajstić information content (AvgIpc) is 3.46. The highest BCUT2D eigenvalue weighted by atomic mass is 19.1. The standard InChI is InChI=1S/C32H39FN10O2/c1-21(33)32(44)43-15-14-41(17-22(43)8-10-34)28-24-9-13-42(30-25-7-5-12-40(3)29(25)36-20-37-30)18-27(24)38-31(26(28)16-35)45-19-23-6-4-11-39(23)2/h20,22-23H,1,4-9,11-15,17-19H2,2-3H3/t22-,23-/m0/s1. The predicted molar refractivity (Wildman–Crippen MR) is 167 cm³/mol. The molecule has 0 aliphatic carbocycles. The lowest BCUT2D eigenvalue weighted by Gasteiger charge is -2.43. The van der Waals surface area contributed by atoms with Gasteiger partial charge in [0.25, 0.3) is 5.91 Å². The van der Waals surface area contributed by atoms with Crippen LogP contribution in [-0.4, -0.2) is 103 Å². The van der Waals surface area contributed by atoms with E-state index in [0.717, 1.165) is 72.9 Å². The number of carbonyl (C=O) groups is 1. The van der Waals surface area contributed by atoms with E-state index < -0.39 is 17.8 Å². The first-order valence-corrected chi connectivity index (χ1v) is 15.7. The van der Waals surface area contributed by atoms with Crippen LogP contribution >= 0.6 is 0 Å². The van der Waals surface area contributed by atoms with E-state index in [2.05, 4.69) is 57.4 Å². The minimum atomic E-state index is -1.05. The Morgan fingerprint density at radius 3 is 2.60 bits per heavy atom. The normalized spacial score (nSPS) is 21.5. The van der Waals surface area contributed by atoms with E-state index in [4.69, 9.17) is 14.7 Å². The Labute approximate surface area is 263 Å². The Kier molecular flexibility index (Phi) is 8.72. The molecule has 0 aromatic carbocycles. The number of amides is 1. The van der Waals surface area contributed by atoms with Crippen molar-refractivity contribution in [3.63, 3.8) is 0 Å². The Morgan fingerprint density at radius 1 is 1.04 bits per heavy atom. The van der Waals surface area contributed by atoms with E-state index >= 15 is 0 Å². The van der Waals surface area contributed by atoms with E-state index in [0.29, 0.717) is 44.1 Å². The molecule has 12 nitrogen and oxygen atoms in total. The van der Waals surface area contributed by atoms with E-state index in [1.807, 2.05) is 0 Å². The molecule has 2 atom stereocenters. The van der Waals surface area contributed by atoms with Crippen molar-refractivity contribution >= 4 is 23.2 Å². The van der Waals surface area contributed by atoms with Crippen LogP contribution in [-0.2, 0) is 24.2 Å². The summed E-state index contributed by atoms with van der Waals surface area (Å²) in [6.07, 6.45) is 6.33. The van der Waals surface area contributed by atoms with Crippen molar-refractivity contribution in [1.82, 2.24) is 24.8 Å². The first-order chi connectivity index (χ1) is 21.8. The second-order valence-electron chi connectivity index (χ2n) is 12.3. The maximum absolute atomic E-state index is 13.9. The lowest BCUT2D eigenvalue weighted by atomic mass is 9.96. The highest BCUT2D eigenvalue weighted by Crippen LogP contribution is 2.40. The van der Waals surface area contributed by atoms with Gasteiger partial charge in [0.2, 0.25) is 5.88 Å². The fourth-order valence-corrected chi connectivity index (χ4v) is 7.21. The largest absolute Gasteiger partial charge is 0.475 e. The summed E-state index contributed by atoms with van der Waals surface area (Å²) in [5.74, 6) is 0.322. The zero-order valence-electron chi connectivity index (χ0n) is 26.0. The fraction of sp³-hybridized carbons (Fsp3) is 0.562. The highest BCUT2D eigenvalue weighted by molar-refractivity contribution is 5.91. The molecule has 0 bridgehead atoms. The van der Waals surface area contributed by atoms with Crippen LogP contribution in [0.1, 0.15) is 48.1 Å². The topological polar surface area (TPSA) is 129 Å². The summed E-state index contributed by atoms with van der Waals surface area (Å²) < 4.78 is 20.2. The van der Waals surface area contributed by atoms with Crippen molar-refractivity contribution < 1.29 is 13.9 Å². The molecule has 1 amide bonds. The number of aromatic nitrogens is 3. The average molecular weight is 615 g/mol. The number of fused-ring (bicyclic) bond motifs is 2. The molecule has 13 heteroatoms. The Balaban J connectivity index is 1.38. The first kappa shape index (κ1) is 30.5. The predicted octanol–water partition coefficient (Wildman–Crippen LogP) is 2.58. The number of pyridine rings is 1. The van der Waals surface area contributed by atoms with Gasteiger partial charge in [-0.1, -0.05) is 6.58 Å². The third kappa shape index (κ3) is 5.85. The molecule has 2 fully saturated rings. The third-order valence-corrected chi connectivity index (χ3v) is 9.59. The molecule has 2 aromatic heterocycles. The number of halogens is 1. The van der Waals surface area contributed by atoms with Crippen LogP contribution in [0.3, 0.4) is 0 Å². The van der Waals surface area contributed by atoms with Crippen molar-refractivity contribution in [2.45, 2.75) is 57.2 Å². The Morgan fingerprint density at radius 2 is 1.87 bits per heavy atom. The van der Waals surface area contributed by atoms with Gasteiger partial charge in [0, 0.05) is 56.9 Å². The number of likely N-dealkylation sites (N-methyl/N-ethyl adjacent to an activating group) is 1. The van der Waals surface area contributed by atoms with E-state index in [9.17, 15) is 19.7 Å². The van der Waals surface area contributed by atoms with Crippen molar-refractivity contribution in [3.05, 3.63) is 41.1 Å². The lowest BCUT2D eigenvalue weighted by Crippen LogP contribution is -2.55. The monoisotopic (exact) mass is 614 g/mol. The molecule has 4 aliphatic heterocycles. The highest BCUT2D eigenvalue weighted by Gasteiger charge is 2.37. The molecular weight excluding hydrogens is 575 g/mol. The van der Waals surface area contributed by atoms with Gasteiger partial charge < -0.3 is 29.2 Å². The van der Waals surface area contributed by atoms with Gasteiger partial charge in [-0.15, -0.1) is 0 Å². The summed E-state index contributed by atoms with van der Waals surface area (Å²) in [6, 6.07) is 4.21. The van der Waals surface area contributed by atoms with Gasteiger partial charge in [0.05, 0.1) is 36.5 Å². The van der Waals surface area contributed by atoms with Gasteiger partial charge in [0.1, 0.15) is 36.2 Å². The van der Waals surface area contributed by atoms with Gasteiger partial charge >= 0.3 is 0 Å². The molecule has 2 aromatic rings. The number of ether oxygens (including phenoxy) is 1. The summed E-state index contributed by atoms with van der Waals surface area (Å²) >= 11 is 0. The quantitative estimate of drug-likeness (QED) is 0.427. The second kappa shape index (κ2) is 12.9. The number of piperazine rings is 1. The van der Waals surface area contributed by atoms with Gasteiger partial charge in [0.15, 0.2) is 5.83 Å². The van der Waals surface area contributed by atoms with Crippen molar-refractivity contribution in [1.29, 1.82) is 10.5 Å². The van der Waals surface area contributed by atoms with E-state index in [1.165, 1.54) is 4.90 Å². The van der Waals surface area contributed by atoms with Gasteiger partial charge in [-0.3, -0.25) is 4.79 Å². The van der Waals surface area contributed by atoms with E-state index in [1.54, 1.807) is 6.33 Å². The number of carbonyl (C=O) groups excluding carboxylic acids is 1. The fourth-order valence-electron chi connectivity index (χ4n) is 7.21. The number of anilines is 3. The molecule has 0 saturated carbocycles. The van der Waals surface area contributed by atoms with Gasteiger partial charge in [-0.2, -0.15) is 10.5 Å². The Hall–Kier alpha value is -4.49. The van der Waals surface area contributed by atoms with E-state index in [-0.39, 0.29) is 25.6 Å². The summed E-state index contributed by atoms with van der Waals surface area (Å²) in [5, 5.41) is 20.1. The summed E-state index contributed by atoms with van der Waals surface area (Å²) in [4.78, 5) is 37.0. The Bertz CT molecular complexity index is 1570. The molecule has 0 unspecified atom stereocenters. The van der Waals surface area contributed by atoms with Crippen molar-refractivity contribution in [2.24, 2.45) is 0 Å². The van der Waals surface area contributed by atoms with Gasteiger partial charge in [-0.25, -0.2) is 19.3 Å². The zero-order valence-corrected chi connectivity index (χ0v) is 26.0. The molecule has 2 saturated heterocycles. The maximum atomic E-state index is 13.9. The van der Waals surface area contributed by atoms with Crippen LogP contribution in [0, 0.1) is 22.7 Å². The van der Waals surface area contributed by atoms with Gasteiger partial charge in [-0.05, 0) is 45.7 Å². The van der Waals surface area contributed by atoms with Crippen LogP contribution in [0.2, 0.25) is 0 Å². The number of likely N-dealkylation sites (tertiary alicyclic amines) is 1. The molecule has 4 aliphatic rings. The number of hydrogen-bond donors (Lipinski definition) is 0. The molecule has 0 N–H and O–H groups in total. The van der Waals surface area contributed by atoms with Crippen LogP contribution in [0.15, 0.2) is 18.7 Å². The molecule has 6 rings (SSSR count). The van der Waals surface area contributed by atoms with Crippen LogP contribution in [0.25, 0.3) is 0 Å². The number of nitriles is 2. The minimum Gasteiger partial charge on any atom is -0.475 e.